The van der Waals surface area contributed by atoms with Gasteiger partial charge in [0.15, 0.2) is 0 Å². The van der Waals surface area contributed by atoms with Crippen molar-refractivity contribution in [2.24, 2.45) is 5.92 Å². The van der Waals surface area contributed by atoms with Crippen molar-refractivity contribution in [2.75, 3.05) is 5.32 Å². The summed E-state index contributed by atoms with van der Waals surface area (Å²) < 4.78 is 0. The zero-order valence-electron chi connectivity index (χ0n) is 9.44. The third kappa shape index (κ3) is 3.34. The van der Waals surface area contributed by atoms with E-state index in [0.717, 1.165) is 0 Å². The SMILES string of the molecule is CC(=O)N[C@@H](C(=O)Nc1ncn[nH]1)C(C)C. The molecule has 3 N–H and O–H groups in total. The van der Waals surface area contributed by atoms with Crippen molar-refractivity contribution in [3.05, 3.63) is 6.33 Å². The number of nitrogens with zero attached hydrogens (tertiary/aromatic N) is 2. The lowest BCUT2D eigenvalue weighted by Crippen LogP contribution is -2.46. The van der Waals surface area contributed by atoms with Crippen LogP contribution in [0.15, 0.2) is 6.33 Å². The van der Waals surface area contributed by atoms with Gasteiger partial charge in [0, 0.05) is 6.92 Å². The molecule has 1 rings (SSSR count). The number of anilines is 1. The highest BCUT2D eigenvalue weighted by molar-refractivity contribution is 5.95. The fraction of sp³-hybridized carbons (Fsp3) is 0.556. The lowest BCUT2D eigenvalue weighted by Gasteiger charge is -2.19. The van der Waals surface area contributed by atoms with Crippen LogP contribution in [0.1, 0.15) is 20.8 Å². The molecule has 7 nitrogen and oxygen atoms in total. The fourth-order valence-electron chi connectivity index (χ4n) is 1.21. The maximum absolute atomic E-state index is 11.8. The summed E-state index contributed by atoms with van der Waals surface area (Å²) in [5.74, 6) is -0.304. The number of carbonyl (C=O) groups excluding carboxylic acids is 2. The summed E-state index contributed by atoms with van der Waals surface area (Å²) in [6.07, 6.45) is 1.29. The van der Waals surface area contributed by atoms with E-state index in [1.165, 1.54) is 13.3 Å². The van der Waals surface area contributed by atoms with E-state index in [-0.39, 0.29) is 23.7 Å². The first-order valence-electron chi connectivity index (χ1n) is 4.94. The van der Waals surface area contributed by atoms with Crippen LogP contribution in [0.4, 0.5) is 5.95 Å². The van der Waals surface area contributed by atoms with Crippen molar-refractivity contribution >= 4 is 17.8 Å². The smallest absolute Gasteiger partial charge is 0.249 e. The molecule has 0 unspecified atom stereocenters. The molecule has 1 atom stereocenters. The summed E-state index contributed by atoms with van der Waals surface area (Å²) >= 11 is 0. The third-order valence-corrected chi connectivity index (χ3v) is 1.96. The van der Waals surface area contributed by atoms with Gasteiger partial charge in [-0.25, -0.2) is 5.10 Å². The van der Waals surface area contributed by atoms with Crippen LogP contribution in [0, 0.1) is 5.92 Å². The van der Waals surface area contributed by atoms with Gasteiger partial charge in [0.2, 0.25) is 17.8 Å². The second kappa shape index (κ2) is 5.24. The van der Waals surface area contributed by atoms with Crippen LogP contribution in [0.3, 0.4) is 0 Å². The van der Waals surface area contributed by atoms with Gasteiger partial charge < -0.3 is 5.32 Å². The van der Waals surface area contributed by atoms with E-state index in [2.05, 4.69) is 25.8 Å². The minimum absolute atomic E-state index is 0.00757. The number of amides is 2. The summed E-state index contributed by atoms with van der Waals surface area (Å²) in [6.45, 7) is 5.07. The van der Waals surface area contributed by atoms with Gasteiger partial charge in [-0.05, 0) is 5.92 Å². The number of hydrogen-bond acceptors (Lipinski definition) is 4. The summed E-state index contributed by atoms with van der Waals surface area (Å²) in [4.78, 5) is 26.5. The van der Waals surface area contributed by atoms with Crippen LogP contribution in [0.2, 0.25) is 0 Å². The first kappa shape index (κ1) is 12.2. The van der Waals surface area contributed by atoms with Gasteiger partial charge in [-0.2, -0.15) is 10.1 Å². The molecule has 88 valence electrons. The maximum atomic E-state index is 11.8. The first-order chi connectivity index (χ1) is 7.50. The molecular formula is C9H15N5O2. The highest BCUT2D eigenvalue weighted by Crippen LogP contribution is 2.04. The van der Waals surface area contributed by atoms with E-state index < -0.39 is 6.04 Å². The Morgan fingerprint density at radius 2 is 2.12 bits per heavy atom. The molecule has 0 saturated carbocycles. The Kier molecular flexibility index (Phi) is 3.98. The molecule has 0 bridgehead atoms. The number of hydrogen-bond donors (Lipinski definition) is 3. The first-order valence-corrected chi connectivity index (χ1v) is 4.94. The van der Waals surface area contributed by atoms with Crippen LogP contribution in [0.5, 0.6) is 0 Å². The van der Waals surface area contributed by atoms with Gasteiger partial charge in [0.1, 0.15) is 12.4 Å². The zero-order chi connectivity index (χ0) is 12.1. The minimum atomic E-state index is -0.581. The Balaban J connectivity index is 2.64. The summed E-state index contributed by atoms with van der Waals surface area (Å²) in [5, 5.41) is 11.2. The van der Waals surface area contributed by atoms with Gasteiger partial charge in [0.25, 0.3) is 0 Å². The molecular weight excluding hydrogens is 210 g/mol. The Morgan fingerprint density at radius 1 is 1.44 bits per heavy atom. The zero-order valence-corrected chi connectivity index (χ0v) is 9.44. The molecule has 0 spiro atoms. The van der Waals surface area contributed by atoms with Gasteiger partial charge in [-0.1, -0.05) is 13.8 Å². The van der Waals surface area contributed by atoms with Crippen molar-refractivity contribution in [1.82, 2.24) is 20.5 Å². The average Bonchev–Trinajstić information content (AvgIpc) is 2.65. The molecule has 0 saturated heterocycles. The van der Waals surface area contributed by atoms with Crippen LogP contribution in [-0.2, 0) is 9.59 Å². The van der Waals surface area contributed by atoms with Crippen molar-refractivity contribution in [2.45, 2.75) is 26.8 Å². The molecule has 1 aromatic heterocycles. The van der Waals surface area contributed by atoms with E-state index in [0.29, 0.717) is 0 Å². The molecule has 7 heteroatoms. The second-order valence-electron chi connectivity index (χ2n) is 3.75. The van der Waals surface area contributed by atoms with Crippen LogP contribution >= 0.6 is 0 Å². The van der Waals surface area contributed by atoms with Crippen molar-refractivity contribution in [1.29, 1.82) is 0 Å². The minimum Gasteiger partial charge on any atom is -0.344 e. The Morgan fingerprint density at radius 3 is 2.56 bits per heavy atom. The largest absolute Gasteiger partial charge is 0.344 e. The normalized spacial score (nSPS) is 12.2. The number of aromatic nitrogens is 3. The molecule has 0 aromatic carbocycles. The lowest BCUT2D eigenvalue weighted by atomic mass is 10.0. The molecule has 0 radical (unpaired) electrons. The number of H-pyrrole nitrogens is 1. The highest BCUT2D eigenvalue weighted by Gasteiger charge is 2.23. The van der Waals surface area contributed by atoms with Gasteiger partial charge in [0.05, 0.1) is 0 Å². The van der Waals surface area contributed by atoms with Gasteiger partial charge in [-0.3, -0.25) is 14.9 Å². The number of aromatic amines is 1. The van der Waals surface area contributed by atoms with E-state index in [1.54, 1.807) is 0 Å². The topological polar surface area (TPSA) is 99.8 Å². The summed E-state index contributed by atoms with van der Waals surface area (Å²) in [5.41, 5.74) is 0. The molecule has 1 heterocycles. The molecule has 16 heavy (non-hydrogen) atoms. The van der Waals surface area contributed by atoms with Crippen molar-refractivity contribution in [3.8, 4) is 0 Å². The summed E-state index contributed by atoms with van der Waals surface area (Å²) in [7, 11) is 0. The number of carbonyl (C=O) groups is 2. The van der Waals surface area contributed by atoms with Gasteiger partial charge in [-0.15, -0.1) is 0 Å². The molecule has 2 amide bonds. The van der Waals surface area contributed by atoms with E-state index in [9.17, 15) is 9.59 Å². The molecule has 0 aliphatic rings. The Hall–Kier alpha value is -1.92. The van der Waals surface area contributed by atoms with E-state index >= 15 is 0 Å². The Labute approximate surface area is 93.0 Å². The highest BCUT2D eigenvalue weighted by atomic mass is 16.2. The molecule has 0 aliphatic heterocycles. The molecule has 0 aliphatic carbocycles. The monoisotopic (exact) mass is 225 g/mol. The van der Waals surface area contributed by atoms with Crippen molar-refractivity contribution in [3.63, 3.8) is 0 Å². The molecule has 0 fully saturated rings. The predicted molar refractivity (Wildman–Crippen MR) is 57.5 cm³/mol. The second-order valence-corrected chi connectivity index (χ2v) is 3.75. The Bertz CT molecular complexity index is 360. The van der Waals surface area contributed by atoms with Crippen molar-refractivity contribution < 1.29 is 9.59 Å². The standard InChI is InChI=1S/C9H15N5O2/c1-5(2)7(12-6(3)15)8(16)13-9-10-4-11-14-9/h4-5,7H,1-3H3,(H,12,15)(H2,10,11,13,14,16)/t7-/m1/s1. The molecule has 1 aromatic rings. The lowest BCUT2D eigenvalue weighted by molar-refractivity contribution is -0.126. The third-order valence-electron chi connectivity index (χ3n) is 1.96. The van der Waals surface area contributed by atoms with E-state index in [4.69, 9.17) is 0 Å². The van der Waals surface area contributed by atoms with E-state index in [1.807, 2.05) is 13.8 Å². The predicted octanol–water partition coefficient (Wildman–Crippen LogP) is -0.0961. The van der Waals surface area contributed by atoms with Crippen LogP contribution in [-0.4, -0.2) is 33.0 Å². The number of rotatable bonds is 4. The fourth-order valence-corrected chi connectivity index (χ4v) is 1.21. The van der Waals surface area contributed by atoms with Gasteiger partial charge >= 0.3 is 0 Å². The number of nitrogens with one attached hydrogen (secondary N) is 3. The van der Waals surface area contributed by atoms with Crippen LogP contribution < -0.4 is 10.6 Å². The maximum Gasteiger partial charge on any atom is 0.249 e. The average molecular weight is 225 g/mol. The summed E-state index contributed by atoms with van der Waals surface area (Å²) in [6, 6.07) is -0.581. The quantitative estimate of drug-likeness (QED) is 0.666. The van der Waals surface area contributed by atoms with Crippen LogP contribution in [0.25, 0.3) is 0 Å².